The van der Waals surface area contributed by atoms with Crippen molar-refractivity contribution in [2.45, 2.75) is 12.3 Å². The lowest BCUT2D eigenvalue weighted by atomic mass is 10.1. The van der Waals surface area contributed by atoms with E-state index in [-0.39, 0.29) is 5.92 Å². The second-order valence-electron chi connectivity index (χ2n) is 5.33. The zero-order valence-corrected chi connectivity index (χ0v) is 12.4. The van der Waals surface area contributed by atoms with Crippen molar-refractivity contribution in [3.05, 3.63) is 54.6 Å². The van der Waals surface area contributed by atoms with Gasteiger partial charge >= 0.3 is 0 Å². The molecule has 3 heterocycles. The van der Waals surface area contributed by atoms with Gasteiger partial charge < -0.3 is 14.0 Å². The minimum absolute atomic E-state index is 0.226. The van der Waals surface area contributed by atoms with E-state index in [9.17, 15) is 0 Å². The van der Waals surface area contributed by atoms with Gasteiger partial charge in [0, 0.05) is 30.5 Å². The maximum Gasteiger partial charge on any atom is 0.258 e. The fourth-order valence-corrected chi connectivity index (χ4v) is 2.49. The Kier molecular flexibility index (Phi) is 3.73. The molecule has 1 aromatic carbocycles. The maximum absolute atomic E-state index is 5.80. The Hall–Kier alpha value is -2.73. The van der Waals surface area contributed by atoms with Crippen LogP contribution in [0.1, 0.15) is 18.2 Å². The predicted molar refractivity (Wildman–Crippen MR) is 82.2 cm³/mol. The zero-order chi connectivity index (χ0) is 15.5. The lowest BCUT2D eigenvalue weighted by molar-refractivity contribution is 0.192. The molecule has 0 bridgehead atoms. The van der Waals surface area contributed by atoms with E-state index in [4.69, 9.17) is 14.0 Å². The van der Waals surface area contributed by atoms with E-state index in [0.717, 1.165) is 24.3 Å². The van der Waals surface area contributed by atoms with E-state index in [0.29, 0.717) is 24.1 Å². The molecule has 1 saturated heterocycles. The molecule has 1 fully saturated rings. The molecular formula is C17H15N3O3. The Morgan fingerprint density at radius 1 is 1.09 bits per heavy atom. The van der Waals surface area contributed by atoms with Gasteiger partial charge in [-0.2, -0.15) is 4.98 Å². The first-order chi connectivity index (χ1) is 11.4. The van der Waals surface area contributed by atoms with E-state index in [1.54, 1.807) is 24.5 Å². The third kappa shape index (κ3) is 3.07. The summed E-state index contributed by atoms with van der Waals surface area (Å²) >= 11 is 0. The predicted octanol–water partition coefficient (Wildman–Crippen LogP) is 3.43. The van der Waals surface area contributed by atoms with E-state index < -0.39 is 0 Å². The average Bonchev–Trinajstić information content (AvgIpc) is 3.28. The van der Waals surface area contributed by atoms with Crippen LogP contribution >= 0.6 is 0 Å². The normalized spacial score (nSPS) is 17.3. The average molecular weight is 309 g/mol. The van der Waals surface area contributed by atoms with Gasteiger partial charge in [-0.05, 0) is 36.8 Å². The minimum Gasteiger partial charge on any atom is -0.457 e. The molecule has 23 heavy (non-hydrogen) atoms. The summed E-state index contributed by atoms with van der Waals surface area (Å²) in [5, 5.41) is 4.07. The van der Waals surface area contributed by atoms with Gasteiger partial charge in [0.2, 0.25) is 0 Å². The van der Waals surface area contributed by atoms with Crippen molar-refractivity contribution in [1.29, 1.82) is 0 Å². The van der Waals surface area contributed by atoms with Crippen molar-refractivity contribution in [3.8, 4) is 23.0 Å². The van der Waals surface area contributed by atoms with Crippen molar-refractivity contribution in [2.24, 2.45) is 0 Å². The van der Waals surface area contributed by atoms with Crippen molar-refractivity contribution in [1.82, 2.24) is 15.1 Å². The SMILES string of the molecule is c1cc(Oc2ccncc2)cc(-c2nc(C3CCOC3)no2)c1. The Morgan fingerprint density at radius 2 is 2.00 bits per heavy atom. The van der Waals surface area contributed by atoms with Crippen molar-refractivity contribution in [3.63, 3.8) is 0 Å². The van der Waals surface area contributed by atoms with Gasteiger partial charge in [-0.25, -0.2) is 0 Å². The first kappa shape index (κ1) is 13.9. The smallest absolute Gasteiger partial charge is 0.258 e. The van der Waals surface area contributed by atoms with E-state index >= 15 is 0 Å². The number of rotatable bonds is 4. The number of aromatic nitrogens is 3. The fraction of sp³-hybridized carbons (Fsp3) is 0.235. The highest BCUT2D eigenvalue weighted by atomic mass is 16.5. The molecule has 0 spiro atoms. The third-order valence-electron chi connectivity index (χ3n) is 3.70. The Labute approximate surface area is 133 Å². The molecule has 1 unspecified atom stereocenters. The largest absolute Gasteiger partial charge is 0.457 e. The van der Waals surface area contributed by atoms with Crippen LogP contribution in [0.4, 0.5) is 0 Å². The topological polar surface area (TPSA) is 70.3 Å². The first-order valence-corrected chi connectivity index (χ1v) is 7.48. The summed E-state index contributed by atoms with van der Waals surface area (Å²) in [5.74, 6) is 2.86. The van der Waals surface area contributed by atoms with Gasteiger partial charge in [-0.3, -0.25) is 4.98 Å². The summed E-state index contributed by atoms with van der Waals surface area (Å²) in [7, 11) is 0. The third-order valence-corrected chi connectivity index (χ3v) is 3.70. The lowest BCUT2D eigenvalue weighted by Crippen LogP contribution is -1.99. The van der Waals surface area contributed by atoms with Crippen LogP contribution in [0.2, 0.25) is 0 Å². The van der Waals surface area contributed by atoms with Gasteiger partial charge in [-0.1, -0.05) is 11.2 Å². The van der Waals surface area contributed by atoms with Crippen LogP contribution in [0.5, 0.6) is 11.5 Å². The van der Waals surface area contributed by atoms with E-state index in [1.165, 1.54) is 0 Å². The molecule has 0 saturated carbocycles. The molecule has 0 N–H and O–H groups in total. The van der Waals surface area contributed by atoms with Gasteiger partial charge in [0.25, 0.3) is 5.89 Å². The molecule has 1 aliphatic rings. The van der Waals surface area contributed by atoms with E-state index in [1.807, 2.05) is 24.3 Å². The van der Waals surface area contributed by atoms with Crippen LogP contribution in [0.25, 0.3) is 11.5 Å². The summed E-state index contributed by atoms with van der Waals surface area (Å²) in [4.78, 5) is 8.46. The molecule has 6 heteroatoms. The van der Waals surface area contributed by atoms with Crippen LogP contribution in [0.15, 0.2) is 53.3 Å². The molecule has 3 aromatic rings. The second-order valence-corrected chi connectivity index (χ2v) is 5.33. The number of ether oxygens (including phenoxy) is 2. The van der Waals surface area contributed by atoms with Crippen LogP contribution in [0.3, 0.4) is 0 Å². The Balaban J connectivity index is 1.56. The molecule has 0 radical (unpaired) electrons. The molecule has 4 rings (SSSR count). The molecule has 0 aliphatic carbocycles. The number of hydrogen-bond donors (Lipinski definition) is 0. The van der Waals surface area contributed by atoms with Crippen LogP contribution in [-0.2, 0) is 4.74 Å². The summed E-state index contributed by atoms with van der Waals surface area (Å²) in [6.07, 6.45) is 4.31. The number of nitrogens with zero attached hydrogens (tertiary/aromatic N) is 3. The summed E-state index contributed by atoms with van der Waals surface area (Å²) < 4.78 is 16.5. The van der Waals surface area contributed by atoms with Crippen molar-refractivity contribution >= 4 is 0 Å². The molecule has 116 valence electrons. The van der Waals surface area contributed by atoms with Crippen LogP contribution < -0.4 is 4.74 Å². The highest BCUT2D eigenvalue weighted by Gasteiger charge is 2.23. The highest BCUT2D eigenvalue weighted by molar-refractivity contribution is 5.56. The standard InChI is InChI=1S/C17H15N3O3/c1-2-12(10-15(3-1)22-14-4-7-18-8-5-14)17-19-16(20-23-17)13-6-9-21-11-13/h1-5,7-8,10,13H,6,9,11H2. The Morgan fingerprint density at radius 3 is 2.83 bits per heavy atom. The Bertz CT molecular complexity index is 783. The highest BCUT2D eigenvalue weighted by Crippen LogP contribution is 2.28. The van der Waals surface area contributed by atoms with Gasteiger partial charge in [-0.15, -0.1) is 0 Å². The monoisotopic (exact) mass is 309 g/mol. The first-order valence-electron chi connectivity index (χ1n) is 7.48. The van der Waals surface area contributed by atoms with Crippen LogP contribution in [0, 0.1) is 0 Å². The van der Waals surface area contributed by atoms with Gasteiger partial charge in [0.1, 0.15) is 11.5 Å². The minimum atomic E-state index is 0.226. The molecular weight excluding hydrogens is 294 g/mol. The number of hydrogen-bond acceptors (Lipinski definition) is 6. The van der Waals surface area contributed by atoms with Gasteiger partial charge in [0.15, 0.2) is 5.82 Å². The lowest BCUT2D eigenvalue weighted by Gasteiger charge is -2.05. The summed E-state index contributed by atoms with van der Waals surface area (Å²) in [6.45, 7) is 1.41. The number of benzene rings is 1. The second kappa shape index (κ2) is 6.18. The summed E-state index contributed by atoms with van der Waals surface area (Å²) in [6, 6.07) is 11.2. The van der Waals surface area contributed by atoms with Crippen molar-refractivity contribution in [2.75, 3.05) is 13.2 Å². The zero-order valence-electron chi connectivity index (χ0n) is 12.4. The molecule has 0 amide bonds. The maximum atomic E-state index is 5.80. The molecule has 1 atom stereocenters. The summed E-state index contributed by atoms with van der Waals surface area (Å²) in [5.41, 5.74) is 0.828. The fourth-order valence-electron chi connectivity index (χ4n) is 2.49. The quantitative estimate of drug-likeness (QED) is 0.735. The molecule has 6 nitrogen and oxygen atoms in total. The molecule has 1 aliphatic heterocycles. The van der Waals surface area contributed by atoms with E-state index in [2.05, 4.69) is 15.1 Å². The number of pyridine rings is 1. The van der Waals surface area contributed by atoms with Crippen LogP contribution in [-0.4, -0.2) is 28.3 Å². The van der Waals surface area contributed by atoms with Gasteiger partial charge in [0.05, 0.1) is 6.61 Å². The van der Waals surface area contributed by atoms with Crippen molar-refractivity contribution < 1.29 is 14.0 Å². The molecule has 2 aromatic heterocycles.